The molecule has 1 unspecified atom stereocenters. The van der Waals surface area contributed by atoms with E-state index in [9.17, 15) is 14.4 Å². The molecule has 3 amide bonds. The molecule has 1 aliphatic rings. The van der Waals surface area contributed by atoms with E-state index in [1.54, 1.807) is 35.2 Å². The summed E-state index contributed by atoms with van der Waals surface area (Å²) >= 11 is 12.3. The second kappa shape index (κ2) is 11.4. The van der Waals surface area contributed by atoms with Gasteiger partial charge in [-0.25, -0.2) is 4.79 Å². The Balaban J connectivity index is 1.82. The van der Waals surface area contributed by atoms with E-state index in [2.05, 4.69) is 5.32 Å². The molecule has 2 aromatic rings. The molecule has 0 aliphatic carbocycles. The minimum absolute atomic E-state index is 0.0221. The van der Waals surface area contributed by atoms with Gasteiger partial charge in [0.15, 0.2) is 0 Å². The lowest BCUT2D eigenvalue weighted by molar-refractivity contribution is -0.138. The van der Waals surface area contributed by atoms with Crippen molar-refractivity contribution in [2.75, 3.05) is 11.9 Å². The third-order valence-corrected chi connectivity index (χ3v) is 5.74. The monoisotopic (exact) mass is 507 g/mol. The van der Waals surface area contributed by atoms with Crippen LogP contribution in [0.25, 0.3) is 0 Å². The maximum Gasteiger partial charge on any atom is 0.328 e. The van der Waals surface area contributed by atoms with E-state index in [4.69, 9.17) is 33.0 Å². The number of carboxylic acid groups (broad SMARTS) is 1. The molecule has 0 saturated carbocycles. The van der Waals surface area contributed by atoms with Crippen molar-refractivity contribution < 1.29 is 24.2 Å². The number of nitrogens with one attached hydrogen (secondary N) is 1. The Morgan fingerprint density at radius 3 is 2.50 bits per heavy atom. The number of nitrogens with zero attached hydrogens (tertiary/aromatic N) is 2. The summed E-state index contributed by atoms with van der Waals surface area (Å²) in [4.78, 5) is 39.6. The highest BCUT2D eigenvalue weighted by Crippen LogP contribution is 2.30. The van der Waals surface area contributed by atoms with E-state index in [0.29, 0.717) is 21.5 Å². The molecule has 34 heavy (non-hydrogen) atoms. The van der Waals surface area contributed by atoms with Crippen molar-refractivity contribution in [1.29, 1.82) is 0 Å². The van der Waals surface area contributed by atoms with Crippen LogP contribution in [0, 0.1) is 0 Å². The number of halogens is 2. The highest BCUT2D eigenvalue weighted by molar-refractivity contribution is 6.32. The van der Waals surface area contributed by atoms with E-state index in [0.717, 1.165) is 10.5 Å². The fourth-order valence-electron chi connectivity index (χ4n) is 3.62. The van der Waals surface area contributed by atoms with Gasteiger partial charge in [0, 0.05) is 30.2 Å². The lowest BCUT2D eigenvalue weighted by Crippen LogP contribution is -2.59. The number of carboxylic acids is 1. The summed E-state index contributed by atoms with van der Waals surface area (Å²) in [5.41, 5.74) is 1.47. The summed E-state index contributed by atoms with van der Waals surface area (Å²) in [5.74, 6) is -0.803. The molecule has 2 N–H and O–H groups in total. The van der Waals surface area contributed by atoms with Crippen LogP contribution in [0.5, 0.6) is 5.75 Å². The van der Waals surface area contributed by atoms with Gasteiger partial charge in [0.2, 0.25) is 5.91 Å². The summed E-state index contributed by atoms with van der Waals surface area (Å²) in [5, 5.41) is 13.1. The van der Waals surface area contributed by atoms with Gasteiger partial charge < -0.3 is 15.2 Å². The SMILES string of the molecule is CC(C)Oc1ccc(NC2CC(=O)N(CCCC(=O)O)C(=O)N2Cc2ccc(Cl)cc2)cc1Cl. The summed E-state index contributed by atoms with van der Waals surface area (Å²) in [6.45, 7) is 4.08. The molecule has 0 radical (unpaired) electrons. The number of carbonyl (C=O) groups is 3. The fraction of sp³-hybridized carbons (Fsp3) is 0.375. The second-order valence-electron chi connectivity index (χ2n) is 8.26. The van der Waals surface area contributed by atoms with Crippen molar-refractivity contribution >= 4 is 46.8 Å². The first kappa shape index (κ1) is 25.6. The predicted molar refractivity (Wildman–Crippen MR) is 130 cm³/mol. The second-order valence-corrected chi connectivity index (χ2v) is 9.10. The number of anilines is 1. The number of urea groups is 1. The Bertz CT molecular complexity index is 1050. The van der Waals surface area contributed by atoms with Gasteiger partial charge in [0.1, 0.15) is 11.9 Å². The van der Waals surface area contributed by atoms with Crippen molar-refractivity contribution in [1.82, 2.24) is 9.80 Å². The Labute approximate surface area is 208 Å². The number of benzene rings is 2. The Morgan fingerprint density at radius 2 is 1.88 bits per heavy atom. The molecule has 1 fully saturated rings. The number of hydrogen-bond donors (Lipinski definition) is 2. The molecule has 1 atom stereocenters. The first-order valence-corrected chi connectivity index (χ1v) is 11.7. The van der Waals surface area contributed by atoms with Gasteiger partial charge in [-0.15, -0.1) is 0 Å². The number of ether oxygens (including phenoxy) is 1. The summed E-state index contributed by atoms with van der Waals surface area (Å²) in [6.07, 6.45) is -0.577. The largest absolute Gasteiger partial charge is 0.489 e. The summed E-state index contributed by atoms with van der Waals surface area (Å²) in [7, 11) is 0. The van der Waals surface area contributed by atoms with Gasteiger partial charge in [-0.1, -0.05) is 35.3 Å². The number of imide groups is 1. The molecule has 0 spiro atoms. The van der Waals surface area contributed by atoms with Crippen LogP contribution in [-0.4, -0.2) is 51.6 Å². The number of amides is 3. The molecular weight excluding hydrogens is 481 g/mol. The highest BCUT2D eigenvalue weighted by Gasteiger charge is 2.38. The van der Waals surface area contributed by atoms with Crippen LogP contribution < -0.4 is 10.1 Å². The first-order chi connectivity index (χ1) is 16.1. The van der Waals surface area contributed by atoms with Gasteiger partial charge in [0.05, 0.1) is 17.5 Å². The molecule has 0 bridgehead atoms. The Hall–Kier alpha value is -2.97. The minimum atomic E-state index is -0.976. The lowest BCUT2D eigenvalue weighted by atomic mass is 10.1. The van der Waals surface area contributed by atoms with Gasteiger partial charge in [-0.05, 0) is 56.2 Å². The molecule has 1 saturated heterocycles. The number of rotatable bonds is 10. The minimum Gasteiger partial charge on any atom is -0.489 e. The van der Waals surface area contributed by atoms with Crippen molar-refractivity contribution in [2.45, 2.75) is 51.9 Å². The molecule has 1 heterocycles. The van der Waals surface area contributed by atoms with Crippen LogP contribution in [0.3, 0.4) is 0 Å². The average molecular weight is 508 g/mol. The van der Waals surface area contributed by atoms with Crippen molar-refractivity contribution in [3.63, 3.8) is 0 Å². The highest BCUT2D eigenvalue weighted by atomic mass is 35.5. The predicted octanol–water partition coefficient (Wildman–Crippen LogP) is 5.24. The Kier molecular flexibility index (Phi) is 8.63. The smallest absolute Gasteiger partial charge is 0.328 e. The average Bonchev–Trinajstić information content (AvgIpc) is 2.76. The quantitative estimate of drug-likeness (QED) is 0.456. The summed E-state index contributed by atoms with van der Waals surface area (Å²) < 4.78 is 5.66. The van der Waals surface area contributed by atoms with Gasteiger partial charge in [0.25, 0.3) is 0 Å². The number of aliphatic carboxylic acids is 1. The van der Waals surface area contributed by atoms with Crippen LogP contribution >= 0.6 is 23.2 Å². The number of carbonyl (C=O) groups excluding carboxylic acids is 2. The zero-order valence-electron chi connectivity index (χ0n) is 19.0. The third-order valence-electron chi connectivity index (χ3n) is 5.19. The van der Waals surface area contributed by atoms with Gasteiger partial charge in [-0.2, -0.15) is 0 Å². The standard InChI is InChI=1S/C24H27Cl2N3O5/c1-15(2)34-20-10-9-18(12-19(20)26)27-21-13-22(30)28(11-3-4-23(31)32)24(33)29(21)14-16-5-7-17(25)8-6-16/h5-10,12,15,21,27H,3-4,11,13-14H2,1-2H3,(H,31,32). The van der Waals surface area contributed by atoms with E-state index in [-0.39, 0.29) is 44.4 Å². The van der Waals surface area contributed by atoms with E-state index in [1.807, 2.05) is 26.0 Å². The molecule has 10 heteroatoms. The van der Waals surface area contributed by atoms with E-state index >= 15 is 0 Å². The van der Waals surface area contributed by atoms with Crippen molar-refractivity contribution in [3.8, 4) is 5.75 Å². The van der Waals surface area contributed by atoms with Crippen LogP contribution in [-0.2, 0) is 16.1 Å². The normalized spacial score (nSPS) is 16.2. The first-order valence-electron chi connectivity index (χ1n) is 10.9. The molecule has 8 nitrogen and oxygen atoms in total. The molecule has 1 aliphatic heterocycles. The lowest BCUT2D eigenvalue weighted by Gasteiger charge is -2.41. The van der Waals surface area contributed by atoms with Crippen LogP contribution in [0.4, 0.5) is 10.5 Å². The zero-order valence-corrected chi connectivity index (χ0v) is 20.5. The van der Waals surface area contributed by atoms with Gasteiger partial charge in [-0.3, -0.25) is 19.4 Å². The van der Waals surface area contributed by atoms with Crippen LogP contribution in [0.1, 0.15) is 38.7 Å². The molecule has 2 aromatic carbocycles. The third kappa shape index (κ3) is 6.77. The number of hydrogen-bond acceptors (Lipinski definition) is 5. The van der Waals surface area contributed by atoms with Gasteiger partial charge >= 0.3 is 12.0 Å². The maximum absolute atomic E-state index is 13.3. The van der Waals surface area contributed by atoms with Crippen LogP contribution in [0.15, 0.2) is 42.5 Å². The molecule has 182 valence electrons. The molecular formula is C24H27Cl2N3O5. The molecule has 0 aromatic heterocycles. The zero-order chi connectivity index (χ0) is 24.8. The van der Waals surface area contributed by atoms with Crippen molar-refractivity contribution in [3.05, 3.63) is 58.1 Å². The Morgan fingerprint density at radius 1 is 1.18 bits per heavy atom. The molecule has 3 rings (SSSR count). The summed E-state index contributed by atoms with van der Waals surface area (Å²) in [6, 6.07) is 11.8. The van der Waals surface area contributed by atoms with Crippen molar-refractivity contribution in [2.24, 2.45) is 0 Å². The van der Waals surface area contributed by atoms with Crippen LogP contribution in [0.2, 0.25) is 10.0 Å². The topological polar surface area (TPSA) is 99.2 Å². The van der Waals surface area contributed by atoms with E-state index in [1.165, 1.54) is 0 Å². The van der Waals surface area contributed by atoms with E-state index < -0.39 is 18.2 Å². The fourth-order valence-corrected chi connectivity index (χ4v) is 3.97. The maximum atomic E-state index is 13.3.